The number of carbonyl (C=O) groups excluding carboxylic acids is 1. The number of aromatic hydroxyl groups is 1. The summed E-state index contributed by atoms with van der Waals surface area (Å²) in [6.45, 7) is 0.205. The van der Waals surface area contributed by atoms with Crippen LogP contribution in [0.25, 0.3) is 11.3 Å². The molecule has 3 N–H and O–H groups in total. The number of carbonyl (C=O) groups is 1. The number of hydrogen-bond acceptors (Lipinski definition) is 5. The van der Waals surface area contributed by atoms with Crippen LogP contribution in [0.3, 0.4) is 0 Å². The molecular formula is C17H13N3O4. The van der Waals surface area contributed by atoms with E-state index in [2.05, 4.69) is 15.5 Å². The molecular weight excluding hydrogens is 310 g/mol. The predicted octanol–water partition coefficient (Wildman–Crippen LogP) is 2.76. The number of aromatic amines is 1. The fraction of sp³-hybridized carbons (Fsp3) is 0.0588. The number of nitrogens with one attached hydrogen (secondary N) is 2. The molecule has 24 heavy (non-hydrogen) atoms. The van der Waals surface area contributed by atoms with Gasteiger partial charge in [-0.15, -0.1) is 0 Å². The molecule has 7 nitrogen and oxygen atoms in total. The number of hydrogen-bond donors (Lipinski definition) is 3. The van der Waals surface area contributed by atoms with E-state index < -0.39 is 0 Å². The Morgan fingerprint density at radius 1 is 1.12 bits per heavy atom. The normalized spacial score (nSPS) is 12.2. The number of phenols is 1. The van der Waals surface area contributed by atoms with Crippen LogP contribution in [0.1, 0.15) is 10.5 Å². The zero-order valence-electron chi connectivity index (χ0n) is 12.4. The third-order valence-corrected chi connectivity index (χ3v) is 3.59. The summed E-state index contributed by atoms with van der Waals surface area (Å²) >= 11 is 0. The molecule has 0 bridgehead atoms. The van der Waals surface area contributed by atoms with Crippen molar-refractivity contribution in [1.29, 1.82) is 0 Å². The molecule has 2 aromatic carbocycles. The van der Waals surface area contributed by atoms with Crippen molar-refractivity contribution in [3.05, 3.63) is 54.2 Å². The first kappa shape index (κ1) is 14.1. The van der Waals surface area contributed by atoms with Gasteiger partial charge in [-0.05, 0) is 36.4 Å². The van der Waals surface area contributed by atoms with Gasteiger partial charge in [-0.1, -0.05) is 6.07 Å². The van der Waals surface area contributed by atoms with Gasteiger partial charge in [0.25, 0.3) is 5.91 Å². The molecule has 0 fully saturated rings. The fourth-order valence-electron chi connectivity index (χ4n) is 2.42. The lowest BCUT2D eigenvalue weighted by Gasteiger charge is -2.03. The first-order valence-electron chi connectivity index (χ1n) is 7.25. The van der Waals surface area contributed by atoms with Crippen LogP contribution in [0.15, 0.2) is 48.5 Å². The van der Waals surface area contributed by atoms with Crippen molar-refractivity contribution >= 4 is 11.6 Å². The molecule has 0 saturated carbocycles. The van der Waals surface area contributed by atoms with Crippen molar-refractivity contribution in [2.24, 2.45) is 0 Å². The number of nitrogens with zero attached hydrogens (tertiary/aromatic N) is 1. The number of H-pyrrole nitrogens is 1. The van der Waals surface area contributed by atoms with Crippen LogP contribution in [0.4, 0.5) is 5.69 Å². The van der Waals surface area contributed by atoms with Gasteiger partial charge < -0.3 is 19.9 Å². The highest BCUT2D eigenvalue weighted by atomic mass is 16.7. The summed E-state index contributed by atoms with van der Waals surface area (Å²) in [6.07, 6.45) is 0. The molecule has 0 unspecified atom stereocenters. The molecule has 0 atom stereocenters. The van der Waals surface area contributed by atoms with Crippen molar-refractivity contribution in [3.63, 3.8) is 0 Å². The van der Waals surface area contributed by atoms with Crippen LogP contribution >= 0.6 is 0 Å². The topological polar surface area (TPSA) is 96.5 Å². The molecule has 0 radical (unpaired) electrons. The number of anilines is 1. The molecule has 1 amide bonds. The summed E-state index contributed by atoms with van der Waals surface area (Å²) in [6, 6.07) is 13.4. The van der Waals surface area contributed by atoms with Crippen molar-refractivity contribution in [1.82, 2.24) is 10.2 Å². The van der Waals surface area contributed by atoms with Gasteiger partial charge in [0.2, 0.25) is 6.79 Å². The van der Waals surface area contributed by atoms with Crippen molar-refractivity contribution in [2.45, 2.75) is 0 Å². The quantitative estimate of drug-likeness (QED) is 0.689. The van der Waals surface area contributed by atoms with Gasteiger partial charge in [0, 0.05) is 17.3 Å². The maximum Gasteiger partial charge on any atom is 0.273 e. The summed E-state index contributed by atoms with van der Waals surface area (Å²) in [4.78, 5) is 12.2. The average molecular weight is 323 g/mol. The number of rotatable bonds is 3. The van der Waals surface area contributed by atoms with Gasteiger partial charge in [-0.25, -0.2) is 0 Å². The van der Waals surface area contributed by atoms with Crippen molar-refractivity contribution in [3.8, 4) is 28.5 Å². The van der Waals surface area contributed by atoms with Gasteiger partial charge in [0.15, 0.2) is 11.5 Å². The molecule has 1 aliphatic heterocycles. The number of aromatic nitrogens is 2. The smallest absolute Gasteiger partial charge is 0.273 e. The van der Waals surface area contributed by atoms with Gasteiger partial charge >= 0.3 is 0 Å². The fourth-order valence-corrected chi connectivity index (χ4v) is 2.42. The minimum atomic E-state index is -0.347. The molecule has 7 heteroatoms. The Hall–Kier alpha value is -3.48. The Morgan fingerprint density at radius 3 is 2.88 bits per heavy atom. The third-order valence-electron chi connectivity index (χ3n) is 3.59. The van der Waals surface area contributed by atoms with Crippen LogP contribution in [0.2, 0.25) is 0 Å². The minimum absolute atomic E-state index is 0.0819. The van der Waals surface area contributed by atoms with Gasteiger partial charge in [-0.2, -0.15) is 5.10 Å². The lowest BCUT2D eigenvalue weighted by atomic mass is 10.1. The van der Waals surface area contributed by atoms with Crippen molar-refractivity contribution < 1.29 is 19.4 Å². The molecule has 1 aliphatic rings. The maximum absolute atomic E-state index is 12.2. The van der Waals surface area contributed by atoms with E-state index in [-0.39, 0.29) is 18.4 Å². The van der Waals surface area contributed by atoms with E-state index in [4.69, 9.17) is 9.47 Å². The summed E-state index contributed by atoms with van der Waals surface area (Å²) < 4.78 is 10.6. The van der Waals surface area contributed by atoms with Crippen LogP contribution < -0.4 is 14.8 Å². The summed E-state index contributed by atoms with van der Waals surface area (Å²) in [5.41, 5.74) is 2.24. The second kappa shape index (κ2) is 5.62. The first-order chi connectivity index (χ1) is 11.7. The van der Waals surface area contributed by atoms with Gasteiger partial charge in [0.05, 0.1) is 5.69 Å². The first-order valence-corrected chi connectivity index (χ1v) is 7.25. The molecule has 4 rings (SSSR count). The lowest BCUT2D eigenvalue weighted by molar-refractivity contribution is 0.102. The van der Waals surface area contributed by atoms with Crippen LogP contribution in [-0.2, 0) is 0 Å². The second-order valence-electron chi connectivity index (χ2n) is 5.24. The summed E-state index contributed by atoms with van der Waals surface area (Å²) in [5, 5.41) is 19.0. The Balaban J connectivity index is 1.55. The van der Waals surface area contributed by atoms with Crippen molar-refractivity contribution in [2.75, 3.05) is 12.1 Å². The SMILES string of the molecule is O=C(Nc1cccc(O)c1)c1cc(-c2ccc3c(c2)OCO3)n[nH]1. The van der Waals surface area contributed by atoms with Crippen LogP contribution in [-0.4, -0.2) is 28.0 Å². The molecule has 0 aliphatic carbocycles. The van der Waals surface area contributed by atoms with E-state index >= 15 is 0 Å². The number of phenolic OH excluding ortho intramolecular Hbond substituents is 1. The summed E-state index contributed by atoms with van der Waals surface area (Å²) in [7, 11) is 0. The van der Waals surface area contributed by atoms with E-state index in [0.29, 0.717) is 28.6 Å². The van der Waals surface area contributed by atoms with E-state index in [1.807, 2.05) is 12.1 Å². The monoisotopic (exact) mass is 323 g/mol. The van der Waals surface area contributed by atoms with Crippen LogP contribution in [0.5, 0.6) is 17.2 Å². The largest absolute Gasteiger partial charge is 0.508 e. The number of benzene rings is 2. The van der Waals surface area contributed by atoms with E-state index in [9.17, 15) is 9.90 Å². The Bertz CT molecular complexity index is 920. The highest BCUT2D eigenvalue weighted by Crippen LogP contribution is 2.35. The molecule has 3 aromatic rings. The van der Waals surface area contributed by atoms with Gasteiger partial charge in [0.1, 0.15) is 11.4 Å². The maximum atomic E-state index is 12.2. The zero-order chi connectivity index (χ0) is 16.5. The molecule has 120 valence electrons. The average Bonchev–Trinajstić information content (AvgIpc) is 3.23. The molecule has 0 spiro atoms. The second-order valence-corrected chi connectivity index (χ2v) is 5.24. The van der Waals surface area contributed by atoms with Gasteiger partial charge in [-0.3, -0.25) is 9.89 Å². The molecule has 2 heterocycles. The molecule has 0 saturated heterocycles. The number of fused-ring (bicyclic) bond motifs is 1. The zero-order valence-corrected chi connectivity index (χ0v) is 12.4. The minimum Gasteiger partial charge on any atom is -0.508 e. The Labute approximate surface area is 136 Å². The van der Waals surface area contributed by atoms with E-state index in [0.717, 1.165) is 5.56 Å². The Kier molecular flexibility index (Phi) is 3.31. The lowest BCUT2D eigenvalue weighted by Crippen LogP contribution is -2.12. The third kappa shape index (κ3) is 2.63. The standard InChI is InChI=1S/C17H13N3O4/c21-12-3-1-2-11(7-12)18-17(22)14-8-13(19-20-14)10-4-5-15-16(6-10)24-9-23-15/h1-8,21H,9H2,(H,18,22)(H,19,20). The highest BCUT2D eigenvalue weighted by Gasteiger charge is 2.16. The number of ether oxygens (including phenoxy) is 2. The predicted molar refractivity (Wildman–Crippen MR) is 86.2 cm³/mol. The van der Waals surface area contributed by atoms with Crippen LogP contribution in [0, 0.1) is 0 Å². The van der Waals surface area contributed by atoms with E-state index in [1.165, 1.54) is 12.1 Å². The molecule has 1 aromatic heterocycles. The highest BCUT2D eigenvalue weighted by molar-refractivity contribution is 6.03. The van der Waals surface area contributed by atoms with E-state index in [1.54, 1.807) is 24.3 Å². The Morgan fingerprint density at radius 2 is 2.00 bits per heavy atom. The number of amides is 1. The summed E-state index contributed by atoms with van der Waals surface area (Å²) in [5.74, 6) is 1.08.